The third-order valence-electron chi connectivity index (χ3n) is 0.698. The summed E-state index contributed by atoms with van der Waals surface area (Å²) in [6.45, 7) is -0.383. The van der Waals surface area contributed by atoms with Gasteiger partial charge in [0.2, 0.25) is 0 Å². The van der Waals surface area contributed by atoms with Gasteiger partial charge >= 0.3 is 5.91 Å². The van der Waals surface area contributed by atoms with E-state index in [1.165, 1.54) is 0 Å². The van der Waals surface area contributed by atoms with Gasteiger partial charge < -0.3 is 5.11 Å². The molecule has 0 saturated heterocycles. The van der Waals surface area contributed by atoms with Crippen molar-refractivity contribution in [1.82, 2.24) is 0 Å². The topological polar surface area (TPSA) is 74.4 Å². The summed E-state index contributed by atoms with van der Waals surface area (Å²) in [4.78, 5) is 10.3. The Morgan fingerprint density at radius 2 is 2.38 bits per heavy atom. The molecule has 0 spiro atoms. The van der Waals surface area contributed by atoms with Crippen molar-refractivity contribution in [3.63, 3.8) is 0 Å². The van der Waals surface area contributed by atoms with Crippen LogP contribution in [0.5, 0.6) is 0 Å². The van der Waals surface area contributed by atoms with Crippen molar-refractivity contribution in [3.8, 4) is 0 Å². The van der Waals surface area contributed by atoms with E-state index in [2.05, 4.69) is 15.4 Å². The van der Waals surface area contributed by atoms with Gasteiger partial charge in [0, 0.05) is 0 Å². The number of nitrogens with zero attached hydrogens (tertiary/aromatic N) is 3. The summed E-state index contributed by atoms with van der Waals surface area (Å²) in [5.41, 5.74) is 0.00463. The zero-order chi connectivity index (χ0) is 5.98. The van der Waals surface area contributed by atoms with Crippen LogP contribution in [-0.4, -0.2) is 23.3 Å². The third kappa shape index (κ3) is 0.627. The van der Waals surface area contributed by atoms with Gasteiger partial charge in [-0.3, -0.25) is 4.79 Å². The van der Waals surface area contributed by atoms with Crippen LogP contribution in [0.1, 0.15) is 0 Å². The molecule has 1 aliphatic heterocycles. The van der Waals surface area contributed by atoms with Gasteiger partial charge in [-0.05, 0) is 5.22 Å². The predicted molar refractivity (Wildman–Crippen MR) is 24.4 cm³/mol. The van der Waals surface area contributed by atoms with Gasteiger partial charge in [0.05, 0.1) is 6.61 Å². The fraction of sp³-hybridized carbons (Fsp3) is 0.333. The van der Waals surface area contributed by atoms with E-state index < -0.39 is 5.91 Å². The molecule has 1 aliphatic rings. The van der Waals surface area contributed by atoms with Crippen molar-refractivity contribution < 1.29 is 9.90 Å². The highest BCUT2D eigenvalue weighted by Gasteiger charge is 2.13. The van der Waals surface area contributed by atoms with Gasteiger partial charge in [-0.15, -0.1) is 5.10 Å². The molecule has 42 valence electrons. The third-order valence-corrected chi connectivity index (χ3v) is 0.698. The molecular formula is C3H3N3O2. The average Bonchev–Trinajstić information content (AvgIpc) is 2.14. The first-order valence-electron chi connectivity index (χ1n) is 1.97. The van der Waals surface area contributed by atoms with E-state index >= 15 is 0 Å². The van der Waals surface area contributed by atoms with Crippen LogP contribution in [0, 0.1) is 0 Å². The summed E-state index contributed by atoms with van der Waals surface area (Å²) in [5, 5.41) is 17.5. The van der Waals surface area contributed by atoms with Gasteiger partial charge in [-0.25, -0.2) is 0 Å². The van der Waals surface area contributed by atoms with Crippen molar-refractivity contribution in [2.45, 2.75) is 0 Å². The van der Waals surface area contributed by atoms with Crippen LogP contribution in [0.25, 0.3) is 0 Å². The second-order valence-electron chi connectivity index (χ2n) is 1.20. The molecule has 0 aromatic carbocycles. The molecular weight excluding hydrogens is 110 g/mol. The maximum atomic E-state index is 10.3. The summed E-state index contributed by atoms with van der Waals surface area (Å²) < 4.78 is 0. The van der Waals surface area contributed by atoms with Gasteiger partial charge in [-0.2, -0.15) is 0 Å². The number of rotatable bonds is 1. The SMILES string of the molecule is O=C1N=NN=C1CO. The molecule has 0 aromatic heterocycles. The molecule has 0 atom stereocenters. The molecule has 0 radical (unpaired) electrons. The number of aliphatic hydroxyl groups is 1. The number of hydrogen-bond donors (Lipinski definition) is 1. The fourth-order valence-electron chi connectivity index (χ4n) is 0.317. The highest BCUT2D eigenvalue weighted by Crippen LogP contribution is 1.94. The highest BCUT2D eigenvalue weighted by molar-refractivity contribution is 6.40. The van der Waals surface area contributed by atoms with Crippen LogP contribution >= 0.6 is 0 Å². The minimum atomic E-state index is -0.549. The molecule has 8 heavy (non-hydrogen) atoms. The van der Waals surface area contributed by atoms with Gasteiger partial charge in [0.15, 0.2) is 5.71 Å². The predicted octanol–water partition coefficient (Wildman–Crippen LogP) is -0.673. The Kier molecular flexibility index (Phi) is 1.13. The summed E-state index contributed by atoms with van der Waals surface area (Å²) in [6.07, 6.45) is 0. The fourth-order valence-corrected chi connectivity index (χ4v) is 0.317. The number of amides is 1. The van der Waals surface area contributed by atoms with Crippen LogP contribution < -0.4 is 0 Å². The zero-order valence-corrected chi connectivity index (χ0v) is 3.90. The molecule has 0 fully saturated rings. The van der Waals surface area contributed by atoms with Crippen LogP contribution in [-0.2, 0) is 4.79 Å². The Hall–Kier alpha value is -1.10. The first kappa shape index (κ1) is 5.04. The van der Waals surface area contributed by atoms with E-state index in [4.69, 9.17) is 5.11 Å². The van der Waals surface area contributed by atoms with Crippen molar-refractivity contribution >= 4 is 11.6 Å². The summed E-state index contributed by atoms with van der Waals surface area (Å²) in [6, 6.07) is 0. The van der Waals surface area contributed by atoms with Crippen molar-refractivity contribution in [3.05, 3.63) is 0 Å². The minimum absolute atomic E-state index is 0.00463. The molecule has 5 nitrogen and oxygen atoms in total. The molecule has 0 aliphatic carbocycles. The summed E-state index contributed by atoms with van der Waals surface area (Å²) in [5.74, 6) is -0.549. The van der Waals surface area contributed by atoms with E-state index in [1.807, 2.05) is 0 Å². The molecule has 0 saturated carbocycles. The van der Waals surface area contributed by atoms with E-state index in [0.717, 1.165) is 0 Å². The normalized spacial score (nSPS) is 17.1. The molecule has 5 heteroatoms. The van der Waals surface area contributed by atoms with E-state index in [-0.39, 0.29) is 12.3 Å². The average molecular weight is 113 g/mol. The lowest BCUT2D eigenvalue weighted by molar-refractivity contribution is -0.112. The van der Waals surface area contributed by atoms with Gasteiger partial charge in [0.25, 0.3) is 0 Å². The molecule has 1 amide bonds. The second kappa shape index (κ2) is 1.79. The minimum Gasteiger partial charge on any atom is -0.390 e. The Balaban J connectivity index is 2.73. The molecule has 0 aromatic rings. The number of carbonyl (C=O) groups is 1. The summed E-state index contributed by atoms with van der Waals surface area (Å²) >= 11 is 0. The van der Waals surface area contributed by atoms with Gasteiger partial charge in [0.1, 0.15) is 0 Å². The monoisotopic (exact) mass is 113 g/mol. The van der Waals surface area contributed by atoms with Crippen molar-refractivity contribution in [1.29, 1.82) is 0 Å². The lowest BCUT2D eigenvalue weighted by Gasteiger charge is -1.81. The highest BCUT2D eigenvalue weighted by atomic mass is 16.3. The largest absolute Gasteiger partial charge is 0.390 e. The first-order chi connectivity index (χ1) is 3.84. The Morgan fingerprint density at radius 1 is 1.62 bits per heavy atom. The zero-order valence-electron chi connectivity index (χ0n) is 3.90. The molecule has 1 rings (SSSR count). The number of hydrogen-bond acceptors (Lipinski definition) is 4. The first-order valence-corrected chi connectivity index (χ1v) is 1.97. The maximum absolute atomic E-state index is 10.3. The van der Waals surface area contributed by atoms with Crippen LogP contribution in [0.3, 0.4) is 0 Å². The molecule has 1 heterocycles. The maximum Gasteiger partial charge on any atom is 0.315 e. The van der Waals surface area contributed by atoms with Crippen LogP contribution in [0.2, 0.25) is 0 Å². The van der Waals surface area contributed by atoms with Crippen molar-refractivity contribution in [2.24, 2.45) is 15.4 Å². The Bertz CT molecular complexity index is 171. The number of aliphatic hydroxyl groups excluding tert-OH is 1. The van der Waals surface area contributed by atoms with E-state index in [9.17, 15) is 4.79 Å². The van der Waals surface area contributed by atoms with Crippen LogP contribution in [0.4, 0.5) is 0 Å². The number of carbonyl (C=O) groups excluding carboxylic acids is 1. The Morgan fingerprint density at radius 3 is 2.62 bits per heavy atom. The molecule has 1 N–H and O–H groups in total. The molecule has 0 bridgehead atoms. The smallest absolute Gasteiger partial charge is 0.315 e. The van der Waals surface area contributed by atoms with E-state index in [0.29, 0.717) is 0 Å². The lowest BCUT2D eigenvalue weighted by atomic mass is 10.4. The standard InChI is InChI=1S/C3H3N3O2/c7-1-2-3(8)5-6-4-2/h7H,1H2. The Labute approximate surface area is 44.7 Å². The van der Waals surface area contributed by atoms with Crippen LogP contribution in [0.15, 0.2) is 15.4 Å². The van der Waals surface area contributed by atoms with Gasteiger partial charge in [-0.1, -0.05) is 5.11 Å². The quantitative estimate of drug-likeness (QED) is 0.489. The lowest BCUT2D eigenvalue weighted by Crippen LogP contribution is -2.11. The second-order valence-corrected chi connectivity index (χ2v) is 1.20. The summed E-state index contributed by atoms with van der Waals surface area (Å²) in [7, 11) is 0. The van der Waals surface area contributed by atoms with Crippen molar-refractivity contribution in [2.75, 3.05) is 6.61 Å². The van der Waals surface area contributed by atoms with E-state index in [1.54, 1.807) is 0 Å². The molecule has 0 unspecified atom stereocenters.